The van der Waals surface area contributed by atoms with E-state index in [1.807, 2.05) is 0 Å². The van der Waals surface area contributed by atoms with Crippen LogP contribution in [0.2, 0.25) is 0 Å². The molecule has 0 unspecified atom stereocenters. The van der Waals surface area contributed by atoms with Crippen LogP contribution in [0.1, 0.15) is 0 Å². The molecule has 0 saturated carbocycles. The third-order valence-electron chi connectivity index (χ3n) is 2.21. The number of urea groups is 1. The number of hydrogen-bond donors (Lipinski definition) is 3. The van der Waals surface area contributed by atoms with E-state index in [-0.39, 0.29) is 18.8 Å². The SMILES string of the molecule is C=CC(=O)OCCNC(=O)Nc1ccccc1S(=O)(=O)O. The summed E-state index contributed by atoms with van der Waals surface area (Å²) in [5, 5.41) is 4.62. The van der Waals surface area contributed by atoms with Gasteiger partial charge in [-0.3, -0.25) is 4.55 Å². The van der Waals surface area contributed by atoms with Gasteiger partial charge in [0.2, 0.25) is 0 Å². The molecule has 0 heterocycles. The monoisotopic (exact) mass is 314 g/mol. The van der Waals surface area contributed by atoms with Gasteiger partial charge in [0.15, 0.2) is 0 Å². The number of carbonyl (C=O) groups excluding carboxylic acids is 2. The van der Waals surface area contributed by atoms with Crippen LogP contribution in [0.15, 0.2) is 41.8 Å². The lowest BCUT2D eigenvalue weighted by molar-refractivity contribution is -0.137. The summed E-state index contributed by atoms with van der Waals surface area (Å²) in [5.74, 6) is -0.617. The van der Waals surface area contributed by atoms with Crippen molar-refractivity contribution in [2.45, 2.75) is 4.90 Å². The molecule has 0 spiro atoms. The van der Waals surface area contributed by atoms with Crippen LogP contribution in [0, 0.1) is 0 Å². The van der Waals surface area contributed by atoms with Crippen LogP contribution in [0.4, 0.5) is 10.5 Å². The Morgan fingerprint density at radius 1 is 1.33 bits per heavy atom. The summed E-state index contributed by atoms with van der Waals surface area (Å²) in [6.07, 6.45) is 0.989. The minimum absolute atomic E-state index is 0.0272. The second-order valence-corrected chi connectivity index (χ2v) is 5.11. The largest absolute Gasteiger partial charge is 0.461 e. The molecule has 114 valence electrons. The van der Waals surface area contributed by atoms with E-state index >= 15 is 0 Å². The fourth-order valence-electron chi connectivity index (χ4n) is 1.34. The van der Waals surface area contributed by atoms with E-state index in [1.165, 1.54) is 18.2 Å². The van der Waals surface area contributed by atoms with Crippen molar-refractivity contribution in [1.29, 1.82) is 0 Å². The average molecular weight is 314 g/mol. The number of hydrogen-bond acceptors (Lipinski definition) is 5. The number of ether oxygens (including phenoxy) is 1. The van der Waals surface area contributed by atoms with Gasteiger partial charge >= 0.3 is 12.0 Å². The van der Waals surface area contributed by atoms with Gasteiger partial charge in [0.25, 0.3) is 10.1 Å². The van der Waals surface area contributed by atoms with Crippen LogP contribution < -0.4 is 10.6 Å². The van der Waals surface area contributed by atoms with Gasteiger partial charge in [0, 0.05) is 6.08 Å². The van der Waals surface area contributed by atoms with E-state index in [2.05, 4.69) is 21.9 Å². The van der Waals surface area contributed by atoms with Gasteiger partial charge in [0.05, 0.1) is 12.2 Å². The lowest BCUT2D eigenvalue weighted by Gasteiger charge is -2.10. The number of anilines is 1. The number of carbonyl (C=O) groups is 2. The molecule has 2 amide bonds. The molecular formula is C12H14N2O6S. The quantitative estimate of drug-likeness (QED) is 0.309. The Morgan fingerprint density at radius 2 is 2.00 bits per heavy atom. The van der Waals surface area contributed by atoms with Crippen LogP contribution in [-0.4, -0.2) is 38.1 Å². The number of esters is 1. The van der Waals surface area contributed by atoms with Crippen LogP contribution in [0.5, 0.6) is 0 Å². The first-order valence-corrected chi connectivity index (χ1v) is 7.19. The molecule has 1 aromatic carbocycles. The highest BCUT2D eigenvalue weighted by Crippen LogP contribution is 2.19. The third kappa shape index (κ3) is 5.63. The summed E-state index contributed by atoms with van der Waals surface area (Å²) in [5.41, 5.74) is -0.0689. The van der Waals surface area contributed by atoms with Gasteiger partial charge in [-0.25, -0.2) is 9.59 Å². The van der Waals surface area contributed by atoms with Crippen LogP contribution >= 0.6 is 0 Å². The highest BCUT2D eigenvalue weighted by Gasteiger charge is 2.16. The maximum absolute atomic E-state index is 11.5. The molecule has 0 radical (unpaired) electrons. The Hall–Kier alpha value is -2.39. The number of benzene rings is 1. The zero-order valence-corrected chi connectivity index (χ0v) is 11.7. The zero-order valence-electron chi connectivity index (χ0n) is 10.9. The molecule has 0 aromatic heterocycles. The Kier molecular flexibility index (Phi) is 5.88. The molecule has 0 fully saturated rings. The van der Waals surface area contributed by atoms with Crippen molar-refractivity contribution in [2.24, 2.45) is 0 Å². The average Bonchev–Trinajstić information content (AvgIpc) is 2.42. The van der Waals surface area contributed by atoms with Gasteiger partial charge < -0.3 is 15.4 Å². The Bertz CT molecular complexity index is 641. The van der Waals surface area contributed by atoms with Gasteiger partial charge in [-0.1, -0.05) is 18.7 Å². The third-order valence-corrected chi connectivity index (χ3v) is 3.12. The van der Waals surface area contributed by atoms with Crippen molar-refractivity contribution < 1.29 is 27.3 Å². The van der Waals surface area contributed by atoms with Crippen LogP contribution in [-0.2, 0) is 19.6 Å². The fraction of sp³-hybridized carbons (Fsp3) is 0.167. The van der Waals surface area contributed by atoms with E-state index in [0.717, 1.165) is 12.1 Å². The van der Waals surface area contributed by atoms with Gasteiger partial charge in [-0.15, -0.1) is 0 Å². The van der Waals surface area contributed by atoms with Gasteiger partial charge in [0.1, 0.15) is 11.5 Å². The van der Waals surface area contributed by atoms with Crippen LogP contribution in [0.25, 0.3) is 0 Å². The number of amides is 2. The maximum atomic E-state index is 11.5. The highest BCUT2D eigenvalue weighted by molar-refractivity contribution is 7.86. The Balaban J connectivity index is 2.56. The fourth-order valence-corrected chi connectivity index (χ4v) is 1.98. The normalized spacial score (nSPS) is 10.5. The minimum atomic E-state index is -4.44. The maximum Gasteiger partial charge on any atom is 0.330 e. The van der Waals surface area contributed by atoms with Crippen molar-refractivity contribution in [1.82, 2.24) is 5.32 Å². The molecule has 9 heteroatoms. The first-order valence-electron chi connectivity index (χ1n) is 5.75. The lowest BCUT2D eigenvalue weighted by atomic mass is 10.3. The van der Waals surface area contributed by atoms with Crippen molar-refractivity contribution in [3.05, 3.63) is 36.9 Å². The summed E-state index contributed by atoms with van der Waals surface area (Å²) in [6.45, 7) is 3.18. The Labute approximate surface area is 121 Å². The summed E-state index contributed by atoms with van der Waals surface area (Å²) in [7, 11) is -4.44. The van der Waals surface area contributed by atoms with E-state index in [1.54, 1.807) is 0 Å². The molecule has 1 aromatic rings. The van der Waals surface area contributed by atoms with Crippen molar-refractivity contribution >= 4 is 27.8 Å². The van der Waals surface area contributed by atoms with Gasteiger partial charge in [-0.05, 0) is 12.1 Å². The van der Waals surface area contributed by atoms with Crippen molar-refractivity contribution in [3.8, 4) is 0 Å². The summed E-state index contributed by atoms with van der Waals surface area (Å²) in [6, 6.07) is 4.66. The number of nitrogens with one attached hydrogen (secondary N) is 2. The standard InChI is InChI=1S/C12H14N2O6S/c1-2-11(15)20-8-7-13-12(16)14-9-5-3-4-6-10(9)21(17,18)19/h2-6H,1,7-8H2,(H2,13,14,16)(H,17,18,19). The molecule has 0 aliphatic rings. The lowest BCUT2D eigenvalue weighted by Crippen LogP contribution is -2.32. The van der Waals surface area contributed by atoms with E-state index in [4.69, 9.17) is 4.55 Å². The predicted octanol–water partition coefficient (Wildman–Crippen LogP) is 0.784. The number of para-hydroxylation sites is 1. The second kappa shape index (κ2) is 7.41. The van der Waals surface area contributed by atoms with E-state index < -0.39 is 27.0 Å². The molecule has 0 aliphatic heterocycles. The molecule has 0 bridgehead atoms. The highest BCUT2D eigenvalue weighted by atomic mass is 32.2. The Morgan fingerprint density at radius 3 is 2.62 bits per heavy atom. The van der Waals surface area contributed by atoms with E-state index in [0.29, 0.717) is 0 Å². The smallest absolute Gasteiger partial charge is 0.330 e. The number of rotatable bonds is 6. The molecule has 0 saturated heterocycles. The first kappa shape index (κ1) is 16.7. The molecule has 21 heavy (non-hydrogen) atoms. The first-order chi connectivity index (χ1) is 9.84. The molecule has 0 aliphatic carbocycles. The van der Waals surface area contributed by atoms with Crippen LogP contribution in [0.3, 0.4) is 0 Å². The molecule has 0 atom stereocenters. The molecule has 3 N–H and O–H groups in total. The second-order valence-electron chi connectivity index (χ2n) is 3.72. The predicted molar refractivity (Wildman–Crippen MR) is 74.4 cm³/mol. The van der Waals surface area contributed by atoms with E-state index in [9.17, 15) is 18.0 Å². The topological polar surface area (TPSA) is 122 Å². The minimum Gasteiger partial charge on any atom is -0.461 e. The van der Waals surface area contributed by atoms with Crippen molar-refractivity contribution in [2.75, 3.05) is 18.5 Å². The summed E-state index contributed by atoms with van der Waals surface area (Å²) >= 11 is 0. The molecule has 1 rings (SSSR count). The van der Waals surface area contributed by atoms with Gasteiger partial charge in [-0.2, -0.15) is 8.42 Å². The summed E-state index contributed by atoms with van der Waals surface area (Å²) in [4.78, 5) is 21.9. The molecule has 8 nitrogen and oxygen atoms in total. The van der Waals surface area contributed by atoms with Crippen molar-refractivity contribution in [3.63, 3.8) is 0 Å². The zero-order chi connectivity index (χ0) is 15.9. The summed E-state index contributed by atoms with van der Waals surface area (Å²) < 4.78 is 35.9. The molecular weight excluding hydrogens is 300 g/mol.